The largest absolute Gasteiger partial charge is 0.341 e. The number of nitrogens with zero attached hydrogens (tertiary/aromatic N) is 1. The summed E-state index contributed by atoms with van der Waals surface area (Å²) in [4.78, 5) is 16.8. The van der Waals surface area contributed by atoms with E-state index in [1.807, 2.05) is 30.3 Å². The monoisotopic (exact) mass is 250 g/mol. The zero-order valence-electron chi connectivity index (χ0n) is 10.5. The number of fused-ring (bicyclic) bond motifs is 1. The number of benzene rings is 1. The van der Waals surface area contributed by atoms with Gasteiger partial charge >= 0.3 is 0 Å². The molecular weight excluding hydrogens is 236 g/mol. The number of hydrogen-bond donors (Lipinski definition) is 1. The number of carbonyl (C=O) groups is 1. The van der Waals surface area contributed by atoms with Crippen LogP contribution in [0, 0.1) is 12.3 Å². The van der Waals surface area contributed by atoms with Crippen molar-refractivity contribution in [3.63, 3.8) is 0 Å². The van der Waals surface area contributed by atoms with Gasteiger partial charge in [0.1, 0.15) is 0 Å². The first-order valence-electron chi connectivity index (χ1n) is 6.41. The van der Waals surface area contributed by atoms with Crippen molar-refractivity contribution in [2.45, 2.75) is 18.8 Å². The number of terminal acetylenes is 1. The smallest absolute Gasteiger partial charge is 0.252 e. The molecule has 0 bridgehead atoms. The molecule has 1 aliphatic carbocycles. The average molecular weight is 250 g/mol. The van der Waals surface area contributed by atoms with Gasteiger partial charge in [0.25, 0.3) is 5.91 Å². The van der Waals surface area contributed by atoms with Gasteiger partial charge in [-0.2, -0.15) is 0 Å². The minimum atomic E-state index is -0.126. The maximum absolute atomic E-state index is 12.2. The zero-order chi connectivity index (χ0) is 13.2. The molecule has 19 heavy (non-hydrogen) atoms. The topological polar surface area (TPSA) is 42.0 Å². The Morgan fingerprint density at radius 1 is 1.42 bits per heavy atom. The summed E-state index contributed by atoms with van der Waals surface area (Å²) in [5, 5.41) is 3.60. The van der Waals surface area contributed by atoms with E-state index in [1.54, 1.807) is 0 Å². The van der Waals surface area contributed by atoms with Gasteiger partial charge in [-0.15, -0.1) is 6.42 Å². The normalized spacial score (nSPS) is 14.1. The van der Waals surface area contributed by atoms with E-state index in [1.165, 1.54) is 0 Å². The fourth-order valence-electron chi connectivity index (χ4n) is 2.20. The summed E-state index contributed by atoms with van der Waals surface area (Å²) in [7, 11) is 0. The molecule has 3 heteroatoms. The van der Waals surface area contributed by atoms with Gasteiger partial charge in [0, 0.05) is 17.0 Å². The van der Waals surface area contributed by atoms with E-state index in [0.29, 0.717) is 11.5 Å². The zero-order valence-corrected chi connectivity index (χ0v) is 10.5. The Bertz CT molecular complexity index is 681. The van der Waals surface area contributed by atoms with Crippen LogP contribution in [-0.2, 0) is 0 Å². The van der Waals surface area contributed by atoms with Gasteiger partial charge in [-0.1, -0.05) is 24.1 Å². The van der Waals surface area contributed by atoms with Crippen LogP contribution in [0.5, 0.6) is 0 Å². The highest BCUT2D eigenvalue weighted by atomic mass is 16.1. The van der Waals surface area contributed by atoms with Crippen molar-refractivity contribution >= 4 is 16.8 Å². The molecule has 0 atom stereocenters. The molecule has 1 aromatic carbocycles. The molecule has 1 fully saturated rings. The summed E-state index contributed by atoms with van der Waals surface area (Å²) in [6.07, 6.45) is 7.51. The summed E-state index contributed by atoms with van der Waals surface area (Å²) >= 11 is 0. The molecule has 1 amide bonds. The molecule has 2 aromatic rings. The molecule has 3 nitrogen and oxygen atoms in total. The minimum absolute atomic E-state index is 0.126. The van der Waals surface area contributed by atoms with Crippen molar-refractivity contribution in [1.82, 2.24) is 10.3 Å². The van der Waals surface area contributed by atoms with E-state index >= 15 is 0 Å². The lowest BCUT2D eigenvalue weighted by Gasteiger charge is -2.08. The second-order valence-electron chi connectivity index (χ2n) is 4.77. The van der Waals surface area contributed by atoms with Crippen LogP contribution < -0.4 is 5.32 Å². The highest BCUT2D eigenvalue weighted by molar-refractivity contribution is 6.06. The molecule has 0 unspecified atom stereocenters. The van der Waals surface area contributed by atoms with Gasteiger partial charge in [0.05, 0.1) is 17.6 Å². The fourth-order valence-corrected chi connectivity index (χ4v) is 2.20. The highest BCUT2D eigenvalue weighted by Gasteiger charge is 2.26. The molecule has 0 saturated heterocycles. The Hall–Kier alpha value is -2.34. The molecule has 0 aliphatic heterocycles. The quantitative estimate of drug-likeness (QED) is 0.850. The van der Waals surface area contributed by atoms with Crippen LogP contribution >= 0.6 is 0 Å². The van der Waals surface area contributed by atoms with Crippen molar-refractivity contribution in [3.8, 4) is 12.3 Å². The van der Waals surface area contributed by atoms with E-state index in [9.17, 15) is 4.79 Å². The molecule has 1 aromatic heterocycles. The molecule has 3 rings (SSSR count). The molecule has 1 saturated carbocycles. The lowest BCUT2D eigenvalue weighted by atomic mass is 10.1. The van der Waals surface area contributed by atoms with Crippen LogP contribution in [0.1, 0.15) is 34.8 Å². The van der Waals surface area contributed by atoms with Crippen LogP contribution in [0.25, 0.3) is 10.9 Å². The first-order valence-corrected chi connectivity index (χ1v) is 6.41. The number of para-hydroxylation sites is 1. The van der Waals surface area contributed by atoms with Gasteiger partial charge < -0.3 is 5.32 Å². The van der Waals surface area contributed by atoms with Crippen molar-refractivity contribution < 1.29 is 4.79 Å². The summed E-state index contributed by atoms with van der Waals surface area (Å²) in [6, 6.07) is 9.63. The fraction of sp³-hybridized carbons (Fsp3) is 0.250. The predicted molar refractivity (Wildman–Crippen MR) is 74.9 cm³/mol. The summed E-state index contributed by atoms with van der Waals surface area (Å²) in [5.74, 6) is 2.81. The Labute approximate surface area is 112 Å². The summed E-state index contributed by atoms with van der Waals surface area (Å²) in [5.41, 5.74) is 2.56. The van der Waals surface area contributed by atoms with Crippen molar-refractivity contribution in [3.05, 3.63) is 41.6 Å². The van der Waals surface area contributed by atoms with E-state index in [-0.39, 0.29) is 12.5 Å². The first-order chi connectivity index (χ1) is 9.29. The number of rotatable bonds is 3. The number of amides is 1. The van der Waals surface area contributed by atoms with E-state index in [2.05, 4.69) is 16.2 Å². The maximum Gasteiger partial charge on any atom is 0.252 e. The van der Waals surface area contributed by atoms with Gasteiger partial charge in [0.2, 0.25) is 0 Å². The van der Waals surface area contributed by atoms with Crippen LogP contribution in [0.3, 0.4) is 0 Å². The predicted octanol–water partition coefficient (Wildman–Crippen LogP) is 2.48. The number of hydrogen-bond acceptors (Lipinski definition) is 2. The molecule has 1 aliphatic rings. The third-order valence-electron chi connectivity index (χ3n) is 3.33. The van der Waals surface area contributed by atoms with Crippen LogP contribution in [0.4, 0.5) is 0 Å². The highest BCUT2D eigenvalue weighted by Crippen LogP contribution is 2.40. The summed E-state index contributed by atoms with van der Waals surface area (Å²) in [6.45, 7) is 0.244. The Morgan fingerprint density at radius 3 is 2.95 bits per heavy atom. The number of nitrogens with one attached hydrogen (secondary N) is 1. The van der Waals surface area contributed by atoms with E-state index in [4.69, 9.17) is 6.42 Å². The minimum Gasteiger partial charge on any atom is -0.341 e. The second-order valence-corrected chi connectivity index (χ2v) is 4.77. The Balaban J connectivity index is 2.09. The Morgan fingerprint density at radius 2 is 2.21 bits per heavy atom. The SMILES string of the molecule is C#CCNC(=O)c1cc(C2CC2)nc2ccccc12. The van der Waals surface area contributed by atoms with E-state index in [0.717, 1.165) is 29.4 Å². The molecule has 94 valence electrons. The lowest BCUT2D eigenvalue weighted by Crippen LogP contribution is -2.24. The van der Waals surface area contributed by atoms with Gasteiger partial charge in [-0.25, -0.2) is 0 Å². The van der Waals surface area contributed by atoms with Gasteiger partial charge in [-0.3, -0.25) is 9.78 Å². The number of aromatic nitrogens is 1. The summed E-state index contributed by atoms with van der Waals surface area (Å²) < 4.78 is 0. The number of pyridine rings is 1. The van der Waals surface area contributed by atoms with Crippen molar-refractivity contribution in [1.29, 1.82) is 0 Å². The lowest BCUT2D eigenvalue weighted by molar-refractivity contribution is 0.0960. The molecule has 1 heterocycles. The number of carbonyl (C=O) groups excluding carboxylic acids is 1. The van der Waals surface area contributed by atoms with Gasteiger partial charge in [0.15, 0.2) is 0 Å². The third kappa shape index (κ3) is 2.30. The van der Waals surface area contributed by atoms with Gasteiger partial charge in [-0.05, 0) is 25.0 Å². The molecular formula is C16H14N2O. The van der Waals surface area contributed by atoms with Crippen LogP contribution in [0.2, 0.25) is 0 Å². The van der Waals surface area contributed by atoms with Crippen LogP contribution in [-0.4, -0.2) is 17.4 Å². The van der Waals surface area contributed by atoms with Crippen molar-refractivity contribution in [2.75, 3.05) is 6.54 Å². The second kappa shape index (κ2) is 4.74. The Kier molecular flexibility index (Phi) is 2.92. The molecule has 0 radical (unpaired) electrons. The van der Waals surface area contributed by atoms with Crippen LogP contribution in [0.15, 0.2) is 30.3 Å². The third-order valence-corrected chi connectivity index (χ3v) is 3.33. The first kappa shape index (κ1) is 11.7. The van der Waals surface area contributed by atoms with E-state index < -0.39 is 0 Å². The maximum atomic E-state index is 12.2. The standard InChI is InChI=1S/C16H14N2O/c1-2-9-17-16(19)13-10-15(11-7-8-11)18-14-6-4-3-5-12(13)14/h1,3-6,10-11H,7-9H2,(H,17,19). The average Bonchev–Trinajstić information content (AvgIpc) is 3.28. The van der Waals surface area contributed by atoms with Crippen molar-refractivity contribution in [2.24, 2.45) is 0 Å². The molecule has 1 N–H and O–H groups in total. The molecule has 0 spiro atoms.